The molecule has 0 aliphatic carbocycles. The maximum atomic E-state index is 13.6. The van der Waals surface area contributed by atoms with Gasteiger partial charge in [0.05, 0.1) is 23.3 Å². The van der Waals surface area contributed by atoms with Gasteiger partial charge in [-0.25, -0.2) is 4.39 Å². The molecule has 5 heteroatoms. The van der Waals surface area contributed by atoms with Crippen LogP contribution in [0.2, 0.25) is 0 Å². The van der Waals surface area contributed by atoms with E-state index in [4.69, 9.17) is 4.74 Å². The largest absolute Gasteiger partial charge is 0.495 e. The third kappa shape index (κ3) is 3.09. The van der Waals surface area contributed by atoms with Crippen molar-refractivity contribution in [2.45, 2.75) is 6.04 Å². The molecule has 1 unspecified atom stereocenters. The predicted octanol–water partition coefficient (Wildman–Crippen LogP) is 4.27. The molecule has 3 nitrogen and oxygen atoms in total. The van der Waals surface area contributed by atoms with Crippen LogP contribution in [0.25, 0.3) is 0 Å². The van der Waals surface area contributed by atoms with Crippen LogP contribution in [0.15, 0.2) is 46.9 Å². The van der Waals surface area contributed by atoms with Crippen LogP contribution in [-0.4, -0.2) is 7.11 Å². The highest BCUT2D eigenvalue weighted by molar-refractivity contribution is 9.10. The first-order valence-electron chi connectivity index (χ1n) is 5.90. The summed E-state index contributed by atoms with van der Waals surface area (Å²) in [4.78, 5) is 0. The molecule has 0 spiro atoms. The molecule has 102 valence electrons. The van der Waals surface area contributed by atoms with Crippen LogP contribution < -0.4 is 10.1 Å². The molecule has 0 fully saturated rings. The normalized spacial score (nSPS) is 11.5. The summed E-state index contributed by atoms with van der Waals surface area (Å²) < 4.78 is 19.1. The Hall–Kier alpha value is -2.06. The first kappa shape index (κ1) is 14.4. The number of hydrogen-bond donors (Lipinski definition) is 1. The summed E-state index contributed by atoms with van der Waals surface area (Å²) in [5, 5.41) is 12.3. The van der Waals surface area contributed by atoms with E-state index in [1.165, 1.54) is 6.07 Å². The van der Waals surface area contributed by atoms with Crippen molar-refractivity contribution in [1.29, 1.82) is 5.26 Å². The van der Waals surface area contributed by atoms with E-state index in [2.05, 4.69) is 27.3 Å². The summed E-state index contributed by atoms with van der Waals surface area (Å²) in [5.74, 6) is 0.231. The average molecular weight is 335 g/mol. The Labute approximate surface area is 125 Å². The predicted molar refractivity (Wildman–Crippen MR) is 79.1 cm³/mol. The lowest BCUT2D eigenvalue weighted by Crippen LogP contribution is -2.09. The highest BCUT2D eigenvalue weighted by Crippen LogP contribution is 2.28. The SMILES string of the molecule is COc1ccccc1NC(C#N)c1ccc(Br)c(F)c1. The van der Waals surface area contributed by atoms with E-state index < -0.39 is 11.9 Å². The number of hydrogen-bond acceptors (Lipinski definition) is 3. The van der Waals surface area contributed by atoms with Crippen LogP contribution in [-0.2, 0) is 0 Å². The Morgan fingerprint density at radius 3 is 2.70 bits per heavy atom. The van der Waals surface area contributed by atoms with Gasteiger partial charge < -0.3 is 10.1 Å². The van der Waals surface area contributed by atoms with Crippen molar-refractivity contribution in [3.63, 3.8) is 0 Å². The Morgan fingerprint density at radius 2 is 2.05 bits per heavy atom. The molecule has 2 aromatic rings. The zero-order valence-corrected chi connectivity index (χ0v) is 12.3. The Morgan fingerprint density at radius 1 is 1.30 bits per heavy atom. The lowest BCUT2D eigenvalue weighted by molar-refractivity contribution is 0.416. The number of rotatable bonds is 4. The highest BCUT2D eigenvalue weighted by Gasteiger charge is 2.14. The van der Waals surface area contributed by atoms with Crippen LogP contribution in [0.1, 0.15) is 11.6 Å². The maximum absolute atomic E-state index is 13.6. The fourth-order valence-corrected chi connectivity index (χ4v) is 2.05. The molecule has 0 heterocycles. The number of para-hydroxylation sites is 2. The number of nitrogens with zero attached hydrogens (tertiary/aromatic N) is 1. The van der Waals surface area contributed by atoms with Crippen LogP contribution >= 0.6 is 15.9 Å². The molecule has 0 saturated carbocycles. The minimum atomic E-state index is -0.658. The van der Waals surface area contributed by atoms with Crippen LogP contribution in [0.4, 0.5) is 10.1 Å². The molecule has 0 saturated heterocycles. The lowest BCUT2D eigenvalue weighted by Gasteiger charge is -2.16. The van der Waals surface area contributed by atoms with Gasteiger partial charge in [-0.15, -0.1) is 0 Å². The second-order valence-electron chi connectivity index (χ2n) is 4.08. The summed E-state index contributed by atoms with van der Waals surface area (Å²) in [7, 11) is 1.56. The van der Waals surface area contributed by atoms with Gasteiger partial charge in [0.1, 0.15) is 17.6 Å². The van der Waals surface area contributed by atoms with Gasteiger partial charge in [0, 0.05) is 0 Å². The van der Waals surface area contributed by atoms with Crippen LogP contribution in [0, 0.1) is 17.1 Å². The third-order valence-corrected chi connectivity index (χ3v) is 3.46. The van der Waals surface area contributed by atoms with E-state index in [9.17, 15) is 9.65 Å². The van der Waals surface area contributed by atoms with Gasteiger partial charge in [-0.1, -0.05) is 18.2 Å². The minimum Gasteiger partial charge on any atom is -0.495 e. The van der Waals surface area contributed by atoms with Gasteiger partial charge in [0.2, 0.25) is 0 Å². The first-order valence-corrected chi connectivity index (χ1v) is 6.69. The van der Waals surface area contributed by atoms with E-state index in [1.54, 1.807) is 31.4 Å². The fraction of sp³-hybridized carbons (Fsp3) is 0.133. The number of anilines is 1. The van der Waals surface area contributed by atoms with Crippen molar-refractivity contribution in [3.05, 3.63) is 58.3 Å². The van der Waals surface area contributed by atoms with Gasteiger partial charge in [-0.3, -0.25) is 0 Å². The van der Waals surface area contributed by atoms with Gasteiger partial charge >= 0.3 is 0 Å². The second-order valence-corrected chi connectivity index (χ2v) is 4.93. The standard InChI is InChI=1S/C15H12BrFN2O/c1-20-15-5-3-2-4-13(15)19-14(9-18)10-6-7-11(16)12(17)8-10/h2-8,14,19H,1H3. The molecular weight excluding hydrogens is 323 g/mol. The lowest BCUT2D eigenvalue weighted by atomic mass is 10.1. The quantitative estimate of drug-likeness (QED) is 0.907. The van der Waals surface area contributed by atoms with Crippen molar-refractivity contribution in [3.8, 4) is 11.8 Å². The van der Waals surface area contributed by atoms with Crippen LogP contribution in [0.3, 0.4) is 0 Å². The molecule has 2 aromatic carbocycles. The van der Waals surface area contributed by atoms with Crippen molar-refractivity contribution < 1.29 is 9.13 Å². The average Bonchev–Trinajstić information content (AvgIpc) is 2.48. The zero-order valence-electron chi connectivity index (χ0n) is 10.7. The highest BCUT2D eigenvalue weighted by atomic mass is 79.9. The summed E-state index contributed by atoms with van der Waals surface area (Å²) in [6.07, 6.45) is 0. The van der Waals surface area contributed by atoms with Crippen molar-refractivity contribution in [2.24, 2.45) is 0 Å². The summed E-state index contributed by atoms with van der Waals surface area (Å²) in [6.45, 7) is 0. The number of benzene rings is 2. The third-order valence-electron chi connectivity index (χ3n) is 2.81. The van der Waals surface area contributed by atoms with Gasteiger partial charge in [0.15, 0.2) is 0 Å². The van der Waals surface area contributed by atoms with E-state index in [1.807, 2.05) is 12.1 Å². The maximum Gasteiger partial charge on any atom is 0.141 e. The van der Waals surface area contributed by atoms with E-state index >= 15 is 0 Å². The molecule has 20 heavy (non-hydrogen) atoms. The molecule has 0 aliphatic heterocycles. The second kappa shape index (κ2) is 6.40. The molecule has 0 bridgehead atoms. The van der Waals surface area contributed by atoms with Gasteiger partial charge in [-0.2, -0.15) is 5.26 Å². The van der Waals surface area contributed by atoms with E-state index in [0.29, 0.717) is 21.5 Å². The van der Waals surface area contributed by atoms with Gasteiger partial charge in [-0.05, 0) is 45.8 Å². The van der Waals surface area contributed by atoms with Crippen molar-refractivity contribution >= 4 is 21.6 Å². The van der Waals surface area contributed by atoms with Crippen molar-refractivity contribution in [2.75, 3.05) is 12.4 Å². The molecule has 2 rings (SSSR count). The van der Waals surface area contributed by atoms with E-state index in [0.717, 1.165) is 0 Å². The molecule has 0 aromatic heterocycles. The molecule has 0 amide bonds. The molecule has 1 atom stereocenters. The van der Waals surface area contributed by atoms with Crippen LogP contribution in [0.5, 0.6) is 5.75 Å². The summed E-state index contributed by atoms with van der Waals surface area (Å²) in [6, 6.07) is 13.3. The first-order chi connectivity index (χ1) is 9.65. The summed E-state index contributed by atoms with van der Waals surface area (Å²) >= 11 is 3.09. The fourth-order valence-electron chi connectivity index (χ4n) is 1.80. The Balaban J connectivity index is 2.29. The van der Waals surface area contributed by atoms with Crippen molar-refractivity contribution in [1.82, 2.24) is 0 Å². The zero-order chi connectivity index (χ0) is 14.5. The molecule has 1 N–H and O–H groups in total. The van der Waals surface area contributed by atoms with E-state index in [-0.39, 0.29) is 0 Å². The monoisotopic (exact) mass is 334 g/mol. The number of nitrogens with one attached hydrogen (secondary N) is 1. The summed E-state index contributed by atoms with van der Waals surface area (Å²) in [5.41, 5.74) is 1.24. The number of nitriles is 1. The smallest absolute Gasteiger partial charge is 0.141 e. The minimum absolute atomic E-state index is 0.371. The molecule has 0 radical (unpaired) electrons. The topological polar surface area (TPSA) is 45.0 Å². The Kier molecular flexibility index (Phi) is 4.59. The van der Waals surface area contributed by atoms with Gasteiger partial charge in [0.25, 0.3) is 0 Å². The Bertz CT molecular complexity index is 655. The molecular formula is C15H12BrFN2O. The number of halogens is 2. The molecule has 0 aliphatic rings. The number of ether oxygens (including phenoxy) is 1. The number of methoxy groups -OCH3 is 1.